The molecule has 5 rings (SSSR count). The quantitative estimate of drug-likeness (QED) is 0.185. The van der Waals surface area contributed by atoms with Crippen LogP contribution in [0.1, 0.15) is 6.92 Å². The van der Waals surface area contributed by atoms with Gasteiger partial charge in [0.15, 0.2) is 17.6 Å². The van der Waals surface area contributed by atoms with E-state index in [-0.39, 0.29) is 33.6 Å². The summed E-state index contributed by atoms with van der Waals surface area (Å²) in [5.41, 5.74) is 0.0420. The van der Waals surface area contributed by atoms with Gasteiger partial charge in [0.05, 0.1) is 37.7 Å². The van der Waals surface area contributed by atoms with Crippen molar-refractivity contribution >= 4 is 21.9 Å². The van der Waals surface area contributed by atoms with Crippen LogP contribution in [-0.4, -0.2) is 113 Å². The van der Waals surface area contributed by atoms with Crippen molar-refractivity contribution in [1.82, 2.24) is 0 Å². The lowest BCUT2D eigenvalue weighted by molar-refractivity contribution is -0.318. The number of rotatable bonds is 7. The summed E-state index contributed by atoms with van der Waals surface area (Å²) >= 11 is 0. The SMILES string of the molecule is COc1c(O[C@@H]2O[C@H](CO[C@@H]3O[C@@H](C)[C@H](O)[C@@H](O)[C@H]3O)[C@@H](O)[C@H](O)[C@H]2O)cc2c(=O)c3ccccc3oc2c1OC. The predicted octanol–water partition coefficient (Wildman–Crippen LogP) is -1.01. The molecule has 14 heteroatoms. The van der Waals surface area contributed by atoms with Gasteiger partial charge in [-0.15, -0.1) is 0 Å². The topological polar surface area (TPSA) is 207 Å². The molecule has 3 heterocycles. The smallest absolute Gasteiger partial charge is 0.229 e. The monoisotopic (exact) mass is 580 g/mol. The first-order valence-corrected chi connectivity index (χ1v) is 12.9. The molecule has 1 aromatic heterocycles. The van der Waals surface area contributed by atoms with Crippen molar-refractivity contribution in [3.63, 3.8) is 0 Å². The summed E-state index contributed by atoms with van der Waals surface area (Å²) in [6.45, 7) is 0.997. The Kier molecular flexibility index (Phi) is 8.39. The molecule has 224 valence electrons. The number of hydrogen-bond acceptors (Lipinski definition) is 14. The largest absolute Gasteiger partial charge is 0.490 e. The molecule has 2 aliphatic rings. The lowest BCUT2D eigenvalue weighted by Gasteiger charge is -2.42. The van der Waals surface area contributed by atoms with Crippen LogP contribution in [0.4, 0.5) is 0 Å². The van der Waals surface area contributed by atoms with Gasteiger partial charge in [-0.3, -0.25) is 4.79 Å². The highest BCUT2D eigenvalue weighted by Gasteiger charge is 2.47. The molecule has 0 unspecified atom stereocenters. The van der Waals surface area contributed by atoms with E-state index in [0.29, 0.717) is 11.0 Å². The summed E-state index contributed by atoms with van der Waals surface area (Å²) in [6.07, 6.45) is -14.8. The molecule has 41 heavy (non-hydrogen) atoms. The van der Waals surface area contributed by atoms with Crippen molar-refractivity contribution in [3.05, 3.63) is 40.6 Å². The molecule has 0 aliphatic carbocycles. The van der Waals surface area contributed by atoms with Gasteiger partial charge in [-0.1, -0.05) is 12.1 Å². The van der Waals surface area contributed by atoms with E-state index in [1.165, 1.54) is 27.2 Å². The molecule has 14 nitrogen and oxygen atoms in total. The summed E-state index contributed by atoms with van der Waals surface area (Å²) < 4.78 is 39.4. The molecule has 0 spiro atoms. The van der Waals surface area contributed by atoms with Gasteiger partial charge in [0.1, 0.15) is 48.3 Å². The molecular formula is C27H32O14. The van der Waals surface area contributed by atoms with Gasteiger partial charge in [-0.05, 0) is 25.1 Å². The van der Waals surface area contributed by atoms with E-state index in [9.17, 15) is 35.4 Å². The molecule has 2 saturated heterocycles. The first kappa shape index (κ1) is 29.4. The first-order valence-electron chi connectivity index (χ1n) is 12.9. The third kappa shape index (κ3) is 5.22. The second-order valence-electron chi connectivity index (χ2n) is 9.89. The normalized spacial score (nSPS) is 34.1. The lowest BCUT2D eigenvalue weighted by Crippen LogP contribution is -2.61. The Hall–Kier alpha value is -3.05. The highest BCUT2D eigenvalue weighted by Crippen LogP contribution is 2.44. The molecule has 2 aliphatic heterocycles. The zero-order valence-corrected chi connectivity index (χ0v) is 22.3. The van der Waals surface area contributed by atoms with Gasteiger partial charge in [-0.2, -0.15) is 0 Å². The third-order valence-electron chi connectivity index (χ3n) is 7.30. The number of aliphatic hydroxyl groups excluding tert-OH is 6. The summed E-state index contributed by atoms with van der Waals surface area (Å²) in [4.78, 5) is 13.3. The van der Waals surface area contributed by atoms with Crippen LogP contribution in [0.5, 0.6) is 17.2 Å². The Balaban J connectivity index is 1.43. The molecule has 6 N–H and O–H groups in total. The number of methoxy groups -OCH3 is 2. The van der Waals surface area contributed by atoms with E-state index in [4.69, 9.17) is 32.8 Å². The molecule has 2 fully saturated rings. The van der Waals surface area contributed by atoms with Crippen molar-refractivity contribution in [3.8, 4) is 17.2 Å². The van der Waals surface area contributed by atoms with Crippen LogP contribution in [-0.2, 0) is 14.2 Å². The Morgan fingerprint density at radius 3 is 2.15 bits per heavy atom. The van der Waals surface area contributed by atoms with Gasteiger partial charge in [0.25, 0.3) is 0 Å². The van der Waals surface area contributed by atoms with Crippen LogP contribution in [0.2, 0.25) is 0 Å². The maximum atomic E-state index is 13.3. The van der Waals surface area contributed by atoms with Gasteiger partial charge in [0.2, 0.25) is 23.2 Å². The molecule has 2 aromatic carbocycles. The van der Waals surface area contributed by atoms with Crippen LogP contribution in [0.25, 0.3) is 21.9 Å². The molecular weight excluding hydrogens is 548 g/mol. The molecule has 10 atom stereocenters. The molecule has 0 bridgehead atoms. The van der Waals surface area contributed by atoms with Crippen LogP contribution in [0.15, 0.2) is 39.5 Å². The Labute approximate surface area is 232 Å². The average Bonchev–Trinajstić information content (AvgIpc) is 2.97. The lowest BCUT2D eigenvalue weighted by atomic mass is 9.98. The van der Waals surface area contributed by atoms with Crippen molar-refractivity contribution in [2.45, 2.75) is 68.3 Å². The van der Waals surface area contributed by atoms with E-state index in [0.717, 1.165) is 0 Å². The van der Waals surface area contributed by atoms with Crippen molar-refractivity contribution < 1.29 is 63.5 Å². The minimum atomic E-state index is -1.76. The maximum absolute atomic E-state index is 13.3. The summed E-state index contributed by atoms with van der Waals surface area (Å²) in [6, 6.07) is 7.96. The third-order valence-corrected chi connectivity index (χ3v) is 7.30. The zero-order chi connectivity index (χ0) is 29.6. The van der Waals surface area contributed by atoms with Gasteiger partial charge in [0, 0.05) is 0 Å². The zero-order valence-electron chi connectivity index (χ0n) is 22.3. The number of hydrogen-bond donors (Lipinski definition) is 6. The Morgan fingerprint density at radius 1 is 0.780 bits per heavy atom. The molecule has 0 amide bonds. The van der Waals surface area contributed by atoms with Crippen molar-refractivity contribution in [2.24, 2.45) is 0 Å². The Bertz CT molecular complexity index is 1440. The van der Waals surface area contributed by atoms with E-state index in [1.807, 2.05) is 0 Å². The molecule has 0 radical (unpaired) electrons. The van der Waals surface area contributed by atoms with Gasteiger partial charge >= 0.3 is 0 Å². The number of aliphatic hydroxyl groups is 6. The highest BCUT2D eigenvalue weighted by molar-refractivity contribution is 5.95. The molecule has 0 saturated carbocycles. The minimum Gasteiger partial charge on any atom is -0.490 e. The van der Waals surface area contributed by atoms with E-state index in [1.54, 1.807) is 24.3 Å². The summed E-state index contributed by atoms with van der Waals surface area (Å²) in [5.74, 6) is -0.0569. The number of ether oxygens (including phenoxy) is 6. The number of fused-ring (bicyclic) bond motifs is 2. The van der Waals surface area contributed by atoms with Crippen LogP contribution < -0.4 is 19.6 Å². The second-order valence-corrected chi connectivity index (χ2v) is 9.89. The fourth-order valence-electron chi connectivity index (χ4n) is 4.95. The summed E-state index contributed by atoms with van der Waals surface area (Å²) in [7, 11) is 2.67. The van der Waals surface area contributed by atoms with Gasteiger partial charge in [-0.25, -0.2) is 0 Å². The Morgan fingerprint density at radius 2 is 1.44 bits per heavy atom. The fraction of sp³-hybridized carbons (Fsp3) is 0.519. The van der Waals surface area contributed by atoms with E-state index in [2.05, 4.69) is 0 Å². The second kappa shape index (κ2) is 11.7. The number of benzene rings is 2. The minimum absolute atomic E-state index is 0.00269. The standard InChI is InChI=1S/C27H32O14/c1-10-16(28)19(31)21(33)26(38-10)37-9-15-18(30)20(32)22(34)27(41-15)40-14-8-12-17(29)11-6-4-5-7-13(11)39-23(12)25(36-3)24(14)35-2/h4-8,10,15-16,18-22,26-28,30-34H,9H2,1-3H3/t10-,15+,16-,18+,19+,20-,21+,22+,26+,27+/m0/s1. The van der Waals surface area contributed by atoms with E-state index < -0.39 is 68.0 Å². The average molecular weight is 581 g/mol. The van der Waals surface area contributed by atoms with Crippen LogP contribution in [0, 0.1) is 0 Å². The van der Waals surface area contributed by atoms with Crippen LogP contribution in [0.3, 0.4) is 0 Å². The van der Waals surface area contributed by atoms with Gasteiger partial charge < -0.3 is 63.5 Å². The van der Waals surface area contributed by atoms with Crippen molar-refractivity contribution in [1.29, 1.82) is 0 Å². The summed E-state index contributed by atoms with van der Waals surface area (Å²) in [5, 5.41) is 62.2. The number of para-hydroxylation sites is 1. The van der Waals surface area contributed by atoms with Crippen molar-refractivity contribution in [2.75, 3.05) is 20.8 Å². The maximum Gasteiger partial charge on any atom is 0.229 e. The first-order chi connectivity index (χ1) is 19.6. The fourth-order valence-corrected chi connectivity index (χ4v) is 4.95. The van der Waals surface area contributed by atoms with E-state index >= 15 is 0 Å². The highest BCUT2D eigenvalue weighted by atomic mass is 16.7. The predicted molar refractivity (Wildman–Crippen MR) is 139 cm³/mol. The van der Waals surface area contributed by atoms with Crippen LogP contribution >= 0.6 is 0 Å². The molecule has 3 aromatic rings.